The lowest BCUT2D eigenvalue weighted by Gasteiger charge is -2.28. The molecule has 1 heterocycles. The van der Waals surface area contributed by atoms with Crippen LogP contribution in [0.1, 0.15) is 36.2 Å². The molecule has 2 atom stereocenters. The summed E-state index contributed by atoms with van der Waals surface area (Å²) in [5.41, 5.74) is 0.600. The summed E-state index contributed by atoms with van der Waals surface area (Å²) in [6.45, 7) is 0.445. The molecule has 1 aliphatic carbocycles. The summed E-state index contributed by atoms with van der Waals surface area (Å²) in [6.07, 6.45) is 5.44. The van der Waals surface area contributed by atoms with Crippen molar-refractivity contribution >= 4 is 11.9 Å². The maximum Gasteiger partial charge on any atom is 0.306 e. The summed E-state index contributed by atoms with van der Waals surface area (Å²) < 4.78 is 1.75. The second-order valence-electron chi connectivity index (χ2n) is 5.20. The van der Waals surface area contributed by atoms with Gasteiger partial charge in [-0.05, 0) is 30.9 Å². The minimum absolute atomic E-state index is 0.0514. The Morgan fingerprint density at radius 3 is 2.79 bits per heavy atom. The minimum atomic E-state index is -0.738. The van der Waals surface area contributed by atoms with Gasteiger partial charge in [-0.3, -0.25) is 9.59 Å². The second-order valence-corrected chi connectivity index (χ2v) is 5.20. The first-order valence-electron chi connectivity index (χ1n) is 6.72. The number of carbonyl (C=O) groups is 2. The molecule has 0 radical (unpaired) electrons. The van der Waals surface area contributed by atoms with Crippen LogP contribution in [-0.4, -0.2) is 28.1 Å². The molecule has 1 amide bonds. The first kappa shape index (κ1) is 13.6. The molecule has 2 unspecified atom stereocenters. The van der Waals surface area contributed by atoms with Crippen molar-refractivity contribution in [3.8, 4) is 0 Å². The van der Waals surface area contributed by atoms with Crippen molar-refractivity contribution in [1.29, 1.82) is 0 Å². The van der Waals surface area contributed by atoms with E-state index in [1.807, 2.05) is 19.3 Å². The highest BCUT2D eigenvalue weighted by Gasteiger charge is 2.30. The molecule has 0 spiro atoms. The zero-order chi connectivity index (χ0) is 13.8. The van der Waals surface area contributed by atoms with E-state index in [1.54, 1.807) is 10.6 Å². The van der Waals surface area contributed by atoms with Crippen molar-refractivity contribution in [3.05, 3.63) is 24.0 Å². The molecule has 0 bridgehead atoms. The molecule has 5 nitrogen and oxygen atoms in total. The quantitative estimate of drug-likeness (QED) is 0.868. The highest BCUT2D eigenvalue weighted by atomic mass is 16.4. The maximum atomic E-state index is 12.0. The number of hydrogen-bond donors (Lipinski definition) is 2. The first-order chi connectivity index (χ1) is 9.09. The zero-order valence-electron chi connectivity index (χ0n) is 11.1. The van der Waals surface area contributed by atoms with Crippen LogP contribution >= 0.6 is 0 Å². The van der Waals surface area contributed by atoms with Gasteiger partial charge in [0.15, 0.2) is 0 Å². The lowest BCUT2D eigenvalue weighted by Crippen LogP contribution is -2.37. The van der Waals surface area contributed by atoms with E-state index < -0.39 is 5.97 Å². The molecule has 19 heavy (non-hydrogen) atoms. The van der Waals surface area contributed by atoms with E-state index in [4.69, 9.17) is 0 Å². The van der Waals surface area contributed by atoms with Crippen LogP contribution in [0, 0.1) is 11.8 Å². The molecule has 1 aromatic heterocycles. The van der Waals surface area contributed by atoms with Crippen LogP contribution < -0.4 is 5.32 Å². The Balaban J connectivity index is 1.92. The number of carboxylic acid groups (broad SMARTS) is 1. The van der Waals surface area contributed by atoms with Gasteiger partial charge in [-0.2, -0.15) is 0 Å². The van der Waals surface area contributed by atoms with Gasteiger partial charge in [-0.1, -0.05) is 12.8 Å². The molecule has 104 valence electrons. The van der Waals surface area contributed by atoms with Gasteiger partial charge in [0.05, 0.1) is 5.92 Å². The molecular weight excluding hydrogens is 244 g/mol. The number of hydrogen-bond acceptors (Lipinski definition) is 2. The summed E-state index contributed by atoms with van der Waals surface area (Å²) in [5, 5.41) is 12.0. The van der Waals surface area contributed by atoms with Crippen LogP contribution in [0.15, 0.2) is 18.3 Å². The van der Waals surface area contributed by atoms with Crippen LogP contribution in [0.5, 0.6) is 0 Å². The Kier molecular flexibility index (Phi) is 4.24. The number of aliphatic carboxylic acids is 1. The summed E-state index contributed by atoms with van der Waals surface area (Å²) >= 11 is 0. The molecule has 1 aliphatic rings. The summed E-state index contributed by atoms with van der Waals surface area (Å²) in [4.78, 5) is 23.1. The summed E-state index contributed by atoms with van der Waals surface area (Å²) in [5.74, 6) is -1.14. The molecule has 2 N–H and O–H groups in total. The standard InChI is InChI=1S/C14H20N2O3/c1-16-8-4-7-12(16)13(17)15-9-10-5-2-3-6-11(10)14(18)19/h4,7-8,10-11H,2-3,5-6,9H2,1H3,(H,15,17)(H,18,19). The molecule has 0 aliphatic heterocycles. The molecule has 2 rings (SSSR count). The third-order valence-corrected chi connectivity index (χ3v) is 3.93. The largest absolute Gasteiger partial charge is 0.481 e. The third kappa shape index (κ3) is 3.16. The minimum Gasteiger partial charge on any atom is -0.481 e. The number of carboxylic acids is 1. The van der Waals surface area contributed by atoms with Crippen LogP contribution in [0.4, 0.5) is 0 Å². The van der Waals surface area contributed by atoms with Crippen molar-refractivity contribution in [1.82, 2.24) is 9.88 Å². The fraction of sp³-hybridized carbons (Fsp3) is 0.571. The third-order valence-electron chi connectivity index (χ3n) is 3.93. The smallest absolute Gasteiger partial charge is 0.306 e. The Morgan fingerprint density at radius 2 is 2.16 bits per heavy atom. The number of nitrogens with one attached hydrogen (secondary N) is 1. The summed E-state index contributed by atoms with van der Waals surface area (Å²) in [7, 11) is 1.82. The number of rotatable bonds is 4. The number of nitrogens with zero attached hydrogens (tertiary/aromatic N) is 1. The Bertz CT molecular complexity index is 467. The molecule has 0 saturated heterocycles. The Labute approximate surface area is 112 Å². The van der Waals surface area contributed by atoms with Gasteiger partial charge in [0, 0.05) is 19.8 Å². The van der Waals surface area contributed by atoms with Crippen molar-refractivity contribution in [2.24, 2.45) is 18.9 Å². The van der Waals surface area contributed by atoms with Crippen LogP contribution in [0.3, 0.4) is 0 Å². The van der Waals surface area contributed by atoms with E-state index in [1.165, 1.54) is 0 Å². The molecule has 1 fully saturated rings. The van der Waals surface area contributed by atoms with Gasteiger partial charge in [-0.15, -0.1) is 0 Å². The van der Waals surface area contributed by atoms with E-state index in [9.17, 15) is 14.7 Å². The Hall–Kier alpha value is -1.78. The summed E-state index contributed by atoms with van der Waals surface area (Å²) in [6, 6.07) is 3.57. The monoisotopic (exact) mass is 264 g/mol. The van der Waals surface area contributed by atoms with Crippen molar-refractivity contribution in [2.75, 3.05) is 6.54 Å². The molecule has 1 saturated carbocycles. The van der Waals surface area contributed by atoms with Gasteiger partial charge < -0.3 is 15.0 Å². The average Bonchev–Trinajstić information content (AvgIpc) is 2.82. The van der Waals surface area contributed by atoms with Gasteiger partial charge >= 0.3 is 5.97 Å². The number of aryl methyl sites for hydroxylation is 1. The van der Waals surface area contributed by atoms with Crippen molar-refractivity contribution in [2.45, 2.75) is 25.7 Å². The highest BCUT2D eigenvalue weighted by molar-refractivity contribution is 5.92. The lowest BCUT2D eigenvalue weighted by molar-refractivity contribution is -0.144. The number of aromatic nitrogens is 1. The predicted molar refractivity (Wildman–Crippen MR) is 70.8 cm³/mol. The van der Waals surface area contributed by atoms with E-state index >= 15 is 0 Å². The van der Waals surface area contributed by atoms with E-state index in [-0.39, 0.29) is 17.7 Å². The predicted octanol–water partition coefficient (Wildman–Crippen LogP) is 1.65. The van der Waals surface area contributed by atoms with Gasteiger partial charge in [0.2, 0.25) is 0 Å². The maximum absolute atomic E-state index is 12.0. The van der Waals surface area contributed by atoms with E-state index in [0.29, 0.717) is 12.2 Å². The SMILES string of the molecule is Cn1cccc1C(=O)NCC1CCCCC1C(=O)O. The molecule has 5 heteroatoms. The average molecular weight is 264 g/mol. The zero-order valence-corrected chi connectivity index (χ0v) is 11.1. The van der Waals surface area contributed by atoms with Gasteiger partial charge in [0.25, 0.3) is 5.91 Å². The normalized spacial score (nSPS) is 23.0. The first-order valence-corrected chi connectivity index (χ1v) is 6.72. The number of amides is 1. The Morgan fingerprint density at radius 1 is 1.42 bits per heavy atom. The fourth-order valence-corrected chi connectivity index (χ4v) is 2.79. The molecule has 1 aromatic rings. The van der Waals surface area contributed by atoms with Crippen molar-refractivity contribution in [3.63, 3.8) is 0 Å². The fourth-order valence-electron chi connectivity index (χ4n) is 2.79. The second kappa shape index (κ2) is 5.91. The lowest BCUT2D eigenvalue weighted by atomic mass is 9.79. The van der Waals surface area contributed by atoms with Crippen LogP contribution in [0.25, 0.3) is 0 Å². The van der Waals surface area contributed by atoms with Crippen LogP contribution in [-0.2, 0) is 11.8 Å². The number of carbonyl (C=O) groups excluding carboxylic acids is 1. The van der Waals surface area contributed by atoms with E-state index in [0.717, 1.165) is 25.7 Å². The molecular formula is C14H20N2O3. The van der Waals surface area contributed by atoms with Crippen molar-refractivity contribution < 1.29 is 14.7 Å². The highest BCUT2D eigenvalue weighted by Crippen LogP contribution is 2.29. The van der Waals surface area contributed by atoms with Gasteiger partial charge in [0.1, 0.15) is 5.69 Å². The van der Waals surface area contributed by atoms with Crippen LogP contribution in [0.2, 0.25) is 0 Å². The molecule has 0 aromatic carbocycles. The topological polar surface area (TPSA) is 71.3 Å². The van der Waals surface area contributed by atoms with E-state index in [2.05, 4.69) is 5.32 Å². The van der Waals surface area contributed by atoms with Gasteiger partial charge in [-0.25, -0.2) is 0 Å².